The van der Waals surface area contributed by atoms with Gasteiger partial charge in [0, 0.05) is 35.0 Å². The predicted molar refractivity (Wildman–Crippen MR) is 71.2 cm³/mol. The maximum atomic E-state index is 4.25. The Kier molecular flexibility index (Phi) is 2.71. The van der Waals surface area contributed by atoms with E-state index in [2.05, 4.69) is 27.4 Å². The van der Waals surface area contributed by atoms with E-state index in [0.717, 1.165) is 22.6 Å². The Morgan fingerprint density at radius 3 is 3.06 bits per heavy atom. The number of nitrogens with zero attached hydrogens (tertiary/aromatic N) is 2. The molecule has 1 N–H and O–H groups in total. The standard InChI is InChI=1S/C13H11N3S/c1-2-10-4-5-14-8-11(10)12(3-1)16-9-13-15-6-7-17-13/h1-8,16H,9H2. The van der Waals surface area contributed by atoms with E-state index in [0.29, 0.717) is 0 Å². The maximum Gasteiger partial charge on any atom is 0.112 e. The molecule has 0 aliphatic rings. The molecule has 0 fully saturated rings. The van der Waals surface area contributed by atoms with Crippen molar-refractivity contribution in [3.05, 3.63) is 53.2 Å². The number of thiazole rings is 1. The number of benzene rings is 1. The Balaban J connectivity index is 1.90. The summed E-state index contributed by atoms with van der Waals surface area (Å²) in [6.07, 6.45) is 5.53. The fourth-order valence-electron chi connectivity index (χ4n) is 1.78. The first kappa shape index (κ1) is 10.2. The van der Waals surface area contributed by atoms with Gasteiger partial charge in [-0.05, 0) is 17.5 Å². The molecule has 0 radical (unpaired) electrons. The lowest BCUT2D eigenvalue weighted by Gasteiger charge is -2.07. The van der Waals surface area contributed by atoms with Crippen LogP contribution in [-0.2, 0) is 6.54 Å². The van der Waals surface area contributed by atoms with Gasteiger partial charge in [0.25, 0.3) is 0 Å². The molecule has 3 aromatic rings. The van der Waals surface area contributed by atoms with Crippen molar-refractivity contribution in [1.82, 2.24) is 9.97 Å². The summed E-state index contributed by atoms with van der Waals surface area (Å²) in [4.78, 5) is 8.42. The van der Waals surface area contributed by atoms with Crippen molar-refractivity contribution in [2.75, 3.05) is 5.32 Å². The summed E-state index contributed by atoms with van der Waals surface area (Å²) in [5, 5.41) is 8.82. The van der Waals surface area contributed by atoms with Crippen LogP contribution in [0.2, 0.25) is 0 Å². The third-order valence-corrected chi connectivity index (χ3v) is 3.38. The average molecular weight is 241 g/mol. The zero-order valence-electron chi connectivity index (χ0n) is 9.13. The van der Waals surface area contributed by atoms with E-state index in [4.69, 9.17) is 0 Å². The van der Waals surface area contributed by atoms with Crippen molar-refractivity contribution in [3.63, 3.8) is 0 Å². The van der Waals surface area contributed by atoms with Crippen molar-refractivity contribution in [3.8, 4) is 0 Å². The molecule has 3 rings (SSSR count). The molecule has 84 valence electrons. The Hall–Kier alpha value is -1.94. The first-order valence-corrected chi connectivity index (χ1v) is 6.26. The fourth-order valence-corrected chi connectivity index (χ4v) is 2.33. The van der Waals surface area contributed by atoms with Gasteiger partial charge in [-0.1, -0.05) is 12.1 Å². The molecule has 0 amide bonds. The second kappa shape index (κ2) is 4.51. The Morgan fingerprint density at radius 1 is 1.18 bits per heavy atom. The Bertz CT molecular complexity index is 614. The number of fused-ring (bicyclic) bond motifs is 1. The molecule has 0 atom stereocenters. The summed E-state index contributed by atoms with van der Waals surface area (Å²) < 4.78 is 0. The van der Waals surface area contributed by atoms with Crippen molar-refractivity contribution in [1.29, 1.82) is 0 Å². The van der Waals surface area contributed by atoms with Gasteiger partial charge in [-0.25, -0.2) is 4.98 Å². The quantitative estimate of drug-likeness (QED) is 0.764. The molecular weight excluding hydrogens is 230 g/mol. The van der Waals surface area contributed by atoms with Crippen molar-refractivity contribution < 1.29 is 0 Å². The number of anilines is 1. The number of aromatic nitrogens is 2. The number of nitrogens with one attached hydrogen (secondary N) is 1. The van der Waals surface area contributed by atoms with Crippen LogP contribution < -0.4 is 5.32 Å². The van der Waals surface area contributed by atoms with Gasteiger partial charge in [0.2, 0.25) is 0 Å². The van der Waals surface area contributed by atoms with Crippen LogP contribution in [0.4, 0.5) is 5.69 Å². The van der Waals surface area contributed by atoms with Crippen LogP contribution >= 0.6 is 11.3 Å². The highest BCUT2D eigenvalue weighted by molar-refractivity contribution is 7.09. The summed E-state index contributed by atoms with van der Waals surface area (Å²) >= 11 is 1.66. The van der Waals surface area contributed by atoms with Crippen LogP contribution in [0.15, 0.2) is 48.2 Å². The highest BCUT2D eigenvalue weighted by Crippen LogP contribution is 2.22. The lowest BCUT2D eigenvalue weighted by Crippen LogP contribution is -1.99. The Labute approximate surface area is 103 Å². The minimum atomic E-state index is 0.756. The molecule has 1 aromatic carbocycles. The van der Waals surface area contributed by atoms with Crippen LogP contribution in [0.25, 0.3) is 10.8 Å². The zero-order valence-corrected chi connectivity index (χ0v) is 9.95. The van der Waals surface area contributed by atoms with Gasteiger partial charge < -0.3 is 5.32 Å². The lowest BCUT2D eigenvalue weighted by molar-refractivity contribution is 1.11. The Morgan fingerprint density at radius 2 is 2.18 bits per heavy atom. The van der Waals surface area contributed by atoms with Crippen LogP contribution in [0.1, 0.15) is 5.01 Å². The smallest absolute Gasteiger partial charge is 0.112 e. The van der Waals surface area contributed by atoms with E-state index in [1.54, 1.807) is 11.3 Å². The number of pyridine rings is 1. The average Bonchev–Trinajstić information content (AvgIpc) is 2.89. The summed E-state index contributed by atoms with van der Waals surface area (Å²) in [5.41, 5.74) is 1.10. The fraction of sp³-hybridized carbons (Fsp3) is 0.0769. The summed E-state index contributed by atoms with van der Waals surface area (Å²) in [7, 11) is 0. The molecular formula is C13H11N3S. The van der Waals surface area contributed by atoms with E-state index >= 15 is 0 Å². The van der Waals surface area contributed by atoms with Crippen molar-refractivity contribution in [2.24, 2.45) is 0 Å². The summed E-state index contributed by atoms with van der Waals surface area (Å²) in [6.45, 7) is 0.756. The number of hydrogen-bond acceptors (Lipinski definition) is 4. The maximum absolute atomic E-state index is 4.25. The molecule has 0 aliphatic heterocycles. The number of hydrogen-bond donors (Lipinski definition) is 1. The third-order valence-electron chi connectivity index (χ3n) is 2.60. The zero-order chi connectivity index (χ0) is 11.5. The van der Waals surface area contributed by atoms with Crippen LogP contribution in [-0.4, -0.2) is 9.97 Å². The molecule has 17 heavy (non-hydrogen) atoms. The minimum Gasteiger partial charge on any atom is -0.378 e. The minimum absolute atomic E-state index is 0.756. The predicted octanol–water partition coefficient (Wildman–Crippen LogP) is 3.30. The second-order valence-corrected chi connectivity index (χ2v) is 4.66. The van der Waals surface area contributed by atoms with Gasteiger partial charge in [-0.3, -0.25) is 4.98 Å². The topological polar surface area (TPSA) is 37.8 Å². The first-order valence-electron chi connectivity index (χ1n) is 5.38. The number of rotatable bonds is 3. The summed E-state index contributed by atoms with van der Waals surface area (Å²) in [5.74, 6) is 0. The first-order chi connectivity index (χ1) is 8.43. The van der Waals surface area contributed by atoms with E-state index in [1.165, 1.54) is 5.39 Å². The van der Waals surface area contributed by atoms with Gasteiger partial charge in [0.15, 0.2) is 0 Å². The molecule has 0 saturated carbocycles. The van der Waals surface area contributed by atoms with Gasteiger partial charge in [0.1, 0.15) is 5.01 Å². The largest absolute Gasteiger partial charge is 0.378 e. The molecule has 2 heterocycles. The van der Waals surface area contributed by atoms with Gasteiger partial charge in [-0.15, -0.1) is 11.3 Å². The van der Waals surface area contributed by atoms with E-state index in [-0.39, 0.29) is 0 Å². The molecule has 4 heteroatoms. The van der Waals surface area contributed by atoms with Gasteiger partial charge >= 0.3 is 0 Å². The highest BCUT2D eigenvalue weighted by atomic mass is 32.1. The van der Waals surface area contributed by atoms with Crippen LogP contribution in [0.5, 0.6) is 0 Å². The SMILES string of the molecule is c1cc(NCc2nccs2)c2cnccc2c1. The second-order valence-electron chi connectivity index (χ2n) is 3.68. The highest BCUT2D eigenvalue weighted by Gasteiger charge is 2.01. The van der Waals surface area contributed by atoms with Crippen LogP contribution in [0.3, 0.4) is 0 Å². The molecule has 0 bridgehead atoms. The van der Waals surface area contributed by atoms with E-state index in [9.17, 15) is 0 Å². The molecule has 3 nitrogen and oxygen atoms in total. The van der Waals surface area contributed by atoms with E-state index in [1.807, 2.05) is 36.1 Å². The molecule has 2 aromatic heterocycles. The van der Waals surface area contributed by atoms with Crippen LogP contribution in [0, 0.1) is 0 Å². The van der Waals surface area contributed by atoms with Gasteiger partial charge in [0.05, 0.1) is 6.54 Å². The molecule has 0 spiro atoms. The molecule has 0 unspecified atom stereocenters. The lowest BCUT2D eigenvalue weighted by atomic mass is 10.1. The monoisotopic (exact) mass is 241 g/mol. The van der Waals surface area contributed by atoms with Crippen molar-refractivity contribution >= 4 is 27.8 Å². The normalized spacial score (nSPS) is 10.6. The van der Waals surface area contributed by atoms with E-state index < -0.39 is 0 Å². The summed E-state index contributed by atoms with van der Waals surface area (Å²) in [6, 6.07) is 8.22. The van der Waals surface area contributed by atoms with Gasteiger partial charge in [-0.2, -0.15) is 0 Å². The molecule has 0 aliphatic carbocycles. The van der Waals surface area contributed by atoms with Crippen molar-refractivity contribution in [2.45, 2.75) is 6.54 Å². The molecule has 0 saturated heterocycles. The third kappa shape index (κ3) is 2.12.